The molecule has 5 nitrogen and oxygen atoms in total. The van der Waals surface area contributed by atoms with Crippen LogP contribution in [-0.4, -0.2) is 54.0 Å². The highest BCUT2D eigenvalue weighted by Gasteiger charge is 2.42. The van der Waals surface area contributed by atoms with Gasteiger partial charge in [-0.3, -0.25) is 14.5 Å². The van der Waals surface area contributed by atoms with Crippen LogP contribution in [0.1, 0.15) is 38.7 Å². The van der Waals surface area contributed by atoms with Gasteiger partial charge in [-0.05, 0) is 45.2 Å². The van der Waals surface area contributed by atoms with E-state index in [-0.39, 0.29) is 24.5 Å². The zero-order valence-electron chi connectivity index (χ0n) is 15.6. The first-order chi connectivity index (χ1) is 12.9. The molecule has 0 saturated carbocycles. The van der Waals surface area contributed by atoms with Gasteiger partial charge in [0.1, 0.15) is 5.70 Å². The van der Waals surface area contributed by atoms with Crippen LogP contribution < -0.4 is 0 Å². The SMILES string of the molecule is CC(C)OCCN1C(=O)C(c2ccc(Cl)cc2Cl)=C(N2CCCCC2)C1=O. The van der Waals surface area contributed by atoms with E-state index in [4.69, 9.17) is 27.9 Å². The van der Waals surface area contributed by atoms with Gasteiger partial charge >= 0.3 is 0 Å². The first-order valence-corrected chi connectivity index (χ1v) is 10.1. The van der Waals surface area contributed by atoms with Gasteiger partial charge in [0.15, 0.2) is 0 Å². The molecule has 0 spiro atoms. The van der Waals surface area contributed by atoms with E-state index in [1.807, 2.05) is 18.7 Å². The molecule has 0 unspecified atom stereocenters. The molecule has 1 saturated heterocycles. The molecule has 0 atom stereocenters. The third-order valence-electron chi connectivity index (χ3n) is 4.78. The number of nitrogens with zero attached hydrogens (tertiary/aromatic N) is 2. The lowest BCUT2D eigenvalue weighted by molar-refractivity contribution is -0.138. The number of amides is 2. The lowest BCUT2D eigenvalue weighted by Crippen LogP contribution is -2.39. The van der Waals surface area contributed by atoms with E-state index in [1.165, 1.54) is 4.90 Å². The van der Waals surface area contributed by atoms with Crippen molar-refractivity contribution in [1.82, 2.24) is 9.80 Å². The number of carbonyl (C=O) groups is 2. The van der Waals surface area contributed by atoms with Crippen LogP contribution in [0.5, 0.6) is 0 Å². The lowest BCUT2D eigenvalue weighted by Gasteiger charge is -2.29. The van der Waals surface area contributed by atoms with Gasteiger partial charge in [-0.15, -0.1) is 0 Å². The number of rotatable bonds is 6. The highest BCUT2D eigenvalue weighted by Crippen LogP contribution is 2.36. The summed E-state index contributed by atoms with van der Waals surface area (Å²) in [7, 11) is 0. The van der Waals surface area contributed by atoms with Crippen LogP contribution in [0.25, 0.3) is 5.57 Å². The van der Waals surface area contributed by atoms with Gasteiger partial charge < -0.3 is 9.64 Å². The van der Waals surface area contributed by atoms with Crippen molar-refractivity contribution in [2.24, 2.45) is 0 Å². The van der Waals surface area contributed by atoms with Crippen LogP contribution in [0, 0.1) is 0 Å². The van der Waals surface area contributed by atoms with Crippen LogP contribution in [0.3, 0.4) is 0 Å². The Balaban J connectivity index is 1.98. The van der Waals surface area contributed by atoms with Crippen molar-refractivity contribution in [3.05, 3.63) is 39.5 Å². The Kier molecular flexibility index (Phi) is 6.45. The predicted molar refractivity (Wildman–Crippen MR) is 107 cm³/mol. The monoisotopic (exact) mass is 410 g/mol. The van der Waals surface area contributed by atoms with Gasteiger partial charge in [-0.2, -0.15) is 0 Å². The van der Waals surface area contributed by atoms with Crippen molar-refractivity contribution in [2.45, 2.75) is 39.2 Å². The van der Waals surface area contributed by atoms with E-state index in [0.717, 1.165) is 32.4 Å². The van der Waals surface area contributed by atoms with E-state index < -0.39 is 0 Å². The summed E-state index contributed by atoms with van der Waals surface area (Å²) >= 11 is 12.4. The van der Waals surface area contributed by atoms with Gasteiger partial charge in [-0.25, -0.2) is 0 Å². The maximum atomic E-state index is 13.2. The number of hydrogen-bond donors (Lipinski definition) is 0. The third kappa shape index (κ3) is 4.31. The average Bonchev–Trinajstić information content (AvgIpc) is 2.87. The predicted octanol–water partition coefficient (Wildman–Crippen LogP) is 3.98. The second kappa shape index (κ2) is 8.63. The van der Waals surface area contributed by atoms with Crippen molar-refractivity contribution < 1.29 is 14.3 Å². The molecule has 0 radical (unpaired) electrons. The first-order valence-electron chi connectivity index (χ1n) is 9.32. The summed E-state index contributed by atoms with van der Waals surface area (Å²) in [5.41, 5.74) is 1.37. The molecule has 0 aliphatic carbocycles. The Morgan fingerprint density at radius 1 is 1.07 bits per heavy atom. The zero-order valence-corrected chi connectivity index (χ0v) is 17.1. The van der Waals surface area contributed by atoms with Crippen LogP contribution in [0.2, 0.25) is 10.0 Å². The molecule has 2 aliphatic rings. The van der Waals surface area contributed by atoms with Crippen molar-refractivity contribution in [1.29, 1.82) is 0 Å². The van der Waals surface area contributed by atoms with Gasteiger partial charge in [0.25, 0.3) is 11.8 Å². The van der Waals surface area contributed by atoms with Crippen LogP contribution in [0.15, 0.2) is 23.9 Å². The molecule has 0 bridgehead atoms. The average molecular weight is 411 g/mol. The number of halogens is 2. The number of imide groups is 1. The molecule has 2 amide bonds. The standard InChI is InChI=1S/C20H24Cl2N2O3/c1-13(2)27-11-10-24-19(25)17(15-7-6-14(21)12-16(15)22)18(20(24)26)23-8-4-3-5-9-23/h6-7,12-13H,3-5,8-11H2,1-2H3. The zero-order chi connectivity index (χ0) is 19.6. The Bertz CT molecular complexity index is 770. The van der Waals surface area contributed by atoms with E-state index in [1.54, 1.807) is 18.2 Å². The molecule has 1 fully saturated rings. The molecule has 1 aromatic carbocycles. The summed E-state index contributed by atoms with van der Waals surface area (Å²) in [5, 5.41) is 0.858. The molecule has 27 heavy (non-hydrogen) atoms. The Morgan fingerprint density at radius 2 is 1.78 bits per heavy atom. The molecular formula is C20H24Cl2N2O3. The van der Waals surface area contributed by atoms with E-state index in [2.05, 4.69) is 0 Å². The molecule has 146 valence electrons. The highest BCUT2D eigenvalue weighted by atomic mass is 35.5. The van der Waals surface area contributed by atoms with E-state index in [0.29, 0.717) is 33.5 Å². The fraction of sp³-hybridized carbons (Fsp3) is 0.500. The number of piperidine rings is 1. The van der Waals surface area contributed by atoms with E-state index >= 15 is 0 Å². The molecule has 7 heteroatoms. The van der Waals surface area contributed by atoms with Gasteiger partial charge in [0.2, 0.25) is 0 Å². The minimum absolute atomic E-state index is 0.0394. The van der Waals surface area contributed by atoms with Crippen molar-refractivity contribution in [2.75, 3.05) is 26.2 Å². The molecule has 2 heterocycles. The summed E-state index contributed by atoms with van der Waals surface area (Å²) in [4.78, 5) is 29.6. The quantitative estimate of drug-likeness (QED) is 0.665. The topological polar surface area (TPSA) is 49.9 Å². The van der Waals surface area contributed by atoms with Crippen molar-refractivity contribution in [3.8, 4) is 0 Å². The smallest absolute Gasteiger partial charge is 0.277 e. The summed E-state index contributed by atoms with van der Waals surface area (Å²) < 4.78 is 5.54. The molecule has 2 aliphatic heterocycles. The number of hydrogen-bond acceptors (Lipinski definition) is 4. The third-order valence-corrected chi connectivity index (χ3v) is 5.33. The van der Waals surface area contributed by atoms with Crippen LogP contribution in [0.4, 0.5) is 0 Å². The Labute approximate surface area is 169 Å². The Hall–Kier alpha value is -1.56. The minimum atomic E-state index is -0.322. The van der Waals surface area contributed by atoms with Crippen LogP contribution in [-0.2, 0) is 14.3 Å². The van der Waals surface area contributed by atoms with Gasteiger partial charge in [0, 0.05) is 23.7 Å². The molecule has 3 rings (SSSR count). The summed E-state index contributed by atoms with van der Waals surface area (Å²) in [6.07, 6.45) is 3.18. The summed E-state index contributed by atoms with van der Waals surface area (Å²) in [6.45, 7) is 5.90. The fourth-order valence-corrected chi connectivity index (χ4v) is 3.99. The summed E-state index contributed by atoms with van der Waals surface area (Å²) in [6, 6.07) is 5.00. The summed E-state index contributed by atoms with van der Waals surface area (Å²) in [5.74, 6) is -0.590. The lowest BCUT2D eigenvalue weighted by atomic mass is 10.0. The molecule has 0 aromatic heterocycles. The molecule has 0 N–H and O–H groups in total. The first kappa shape index (κ1) is 20.2. The van der Waals surface area contributed by atoms with Gasteiger partial charge in [0.05, 0.1) is 29.9 Å². The molecular weight excluding hydrogens is 387 g/mol. The second-order valence-electron chi connectivity index (χ2n) is 7.08. The maximum Gasteiger partial charge on any atom is 0.277 e. The maximum absolute atomic E-state index is 13.2. The number of carbonyl (C=O) groups excluding carboxylic acids is 2. The second-order valence-corrected chi connectivity index (χ2v) is 7.92. The van der Waals surface area contributed by atoms with Crippen molar-refractivity contribution in [3.63, 3.8) is 0 Å². The fourth-order valence-electron chi connectivity index (χ4n) is 3.49. The number of ether oxygens (including phenoxy) is 1. The highest BCUT2D eigenvalue weighted by molar-refractivity contribution is 6.41. The largest absolute Gasteiger partial charge is 0.377 e. The van der Waals surface area contributed by atoms with Crippen LogP contribution >= 0.6 is 23.2 Å². The minimum Gasteiger partial charge on any atom is -0.377 e. The number of likely N-dealkylation sites (tertiary alicyclic amines) is 1. The molecule has 1 aromatic rings. The normalized spacial score (nSPS) is 18.3. The van der Waals surface area contributed by atoms with Crippen molar-refractivity contribution >= 4 is 40.6 Å². The number of benzene rings is 1. The van der Waals surface area contributed by atoms with E-state index in [9.17, 15) is 9.59 Å². The Morgan fingerprint density at radius 3 is 2.41 bits per heavy atom. The van der Waals surface area contributed by atoms with Gasteiger partial charge in [-0.1, -0.05) is 29.3 Å².